The number of ketones is 1. The summed E-state index contributed by atoms with van der Waals surface area (Å²) >= 11 is 0. The molecule has 0 aliphatic carbocycles. The van der Waals surface area contributed by atoms with E-state index in [1.165, 1.54) is 24.3 Å². The van der Waals surface area contributed by atoms with Gasteiger partial charge in [0.15, 0.2) is 0 Å². The van der Waals surface area contributed by atoms with Gasteiger partial charge in [-0.1, -0.05) is 18.2 Å². The number of carbonyl (C=O) groups excluding carboxylic acids is 1. The molecule has 0 amide bonds. The number of hydrogen-bond acceptors (Lipinski definition) is 3. The second-order valence-corrected chi connectivity index (χ2v) is 7.45. The molecule has 5 aromatic rings. The van der Waals surface area contributed by atoms with Gasteiger partial charge in [0.1, 0.15) is 17.7 Å². The lowest BCUT2D eigenvalue weighted by molar-refractivity contribution is 0.103. The van der Waals surface area contributed by atoms with E-state index in [9.17, 15) is 14.4 Å². The molecule has 0 unspecified atom stereocenters. The highest BCUT2D eigenvalue weighted by Gasteiger charge is 2.21. The Bertz CT molecular complexity index is 1530. The maximum absolute atomic E-state index is 13.3. The van der Waals surface area contributed by atoms with Gasteiger partial charge in [0.25, 0.3) is 0 Å². The van der Waals surface area contributed by atoms with Crippen molar-refractivity contribution in [3.05, 3.63) is 107 Å². The Kier molecular flexibility index (Phi) is 4.65. The lowest BCUT2D eigenvalue weighted by atomic mass is 10.0. The zero-order chi connectivity index (χ0) is 22.2. The summed E-state index contributed by atoms with van der Waals surface area (Å²) in [5, 5.41) is 9.86. The predicted molar refractivity (Wildman–Crippen MR) is 122 cm³/mol. The van der Waals surface area contributed by atoms with E-state index in [1.54, 1.807) is 10.5 Å². The van der Waals surface area contributed by atoms with Gasteiger partial charge in [-0.15, -0.1) is 0 Å². The minimum Gasteiger partial charge on any atom is -0.337 e. The highest BCUT2D eigenvalue weighted by atomic mass is 19.1. The highest BCUT2D eigenvalue weighted by Crippen LogP contribution is 2.29. The summed E-state index contributed by atoms with van der Waals surface area (Å²) in [6, 6.07) is 20.9. The van der Waals surface area contributed by atoms with Crippen LogP contribution in [0.1, 0.15) is 33.0 Å². The first-order chi connectivity index (χ1) is 15.6. The van der Waals surface area contributed by atoms with Gasteiger partial charge in [-0.25, -0.2) is 9.37 Å². The Balaban J connectivity index is 1.69. The van der Waals surface area contributed by atoms with Crippen LogP contribution in [0.4, 0.5) is 4.39 Å². The number of aromatic nitrogens is 3. The quantitative estimate of drug-likeness (QED) is 0.306. The van der Waals surface area contributed by atoms with Crippen LogP contribution in [-0.2, 0) is 0 Å². The molecule has 0 saturated carbocycles. The van der Waals surface area contributed by atoms with Crippen molar-refractivity contribution in [2.24, 2.45) is 0 Å². The second-order valence-electron chi connectivity index (χ2n) is 7.45. The number of carbonyl (C=O) groups is 1. The number of nitrogens with zero attached hydrogens (tertiary/aromatic N) is 3. The fourth-order valence-electron chi connectivity index (χ4n) is 3.94. The number of H-pyrrole nitrogens is 1. The summed E-state index contributed by atoms with van der Waals surface area (Å²) in [5.74, 6) is -0.146. The van der Waals surface area contributed by atoms with E-state index < -0.39 is 5.82 Å². The van der Waals surface area contributed by atoms with E-state index in [0.717, 1.165) is 27.7 Å². The third kappa shape index (κ3) is 3.17. The van der Waals surface area contributed by atoms with Gasteiger partial charge >= 0.3 is 0 Å². The van der Waals surface area contributed by atoms with Crippen LogP contribution in [0.5, 0.6) is 0 Å². The molecular weight excluding hydrogens is 403 g/mol. The van der Waals surface area contributed by atoms with Gasteiger partial charge in [-0.2, -0.15) is 5.26 Å². The average Bonchev–Trinajstić information content (AvgIpc) is 3.36. The van der Waals surface area contributed by atoms with Crippen LogP contribution in [0.3, 0.4) is 0 Å². The van der Waals surface area contributed by atoms with Crippen molar-refractivity contribution in [2.45, 2.75) is 6.92 Å². The van der Waals surface area contributed by atoms with E-state index in [2.05, 4.69) is 16.0 Å². The molecule has 1 N–H and O–H groups in total. The molecule has 0 aliphatic rings. The van der Waals surface area contributed by atoms with Crippen molar-refractivity contribution in [2.75, 3.05) is 0 Å². The SMILES string of the molecule is Cc1c(/C=C(\C#N)c2nc3ccccc3[nH]2)c2ccccn2c1C(=O)c1ccc(F)cc1. The molecular formula is C26H17FN4O. The number of para-hydroxylation sites is 2. The third-order valence-corrected chi connectivity index (χ3v) is 5.51. The summed E-state index contributed by atoms with van der Waals surface area (Å²) in [4.78, 5) is 21.0. The van der Waals surface area contributed by atoms with Gasteiger partial charge in [-0.05, 0) is 67.1 Å². The topological polar surface area (TPSA) is 73.9 Å². The van der Waals surface area contributed by atoms with Crippen LogP contribution in [0, 0.1) is 24.1 Å². The number of hydrogen-bond donors (Lipinski definition) is 1. The van der Waals surface area contributed by atoms with Crippen molar-refractivity contribution < 1.29 is 9.18 Å². The molecule has 2 aromatic carbocycles. The van der Waals surface area contributed by atoms with E-state index >= 15 is 0 Å². The maximum atomic E-state index is 13.3. The lowest BCUT2D eigenvalue weighted by Gasteiger charge is -2.04. The van der Waals surface area contributed by atoms with Gasteiger partial charge < -0.3 is 9.38 Å². The Hall–Kier alpha value is -4.50. The van der Waals surface area contributed by atoms with Gasteiger partial charge in [-0.3, -0.25) is 4.79 Å². The smallest absolute Gasteiger partial charge is 0.210 e. The van der Waals surface area contributed by atoms with Crippen LogP contribution in [0.15, 0.2) is 72.9 Å². The minimum absolute atomic E-state index is 0.217. The number of nitriles is 1. The van der Waals surface area contributed by atoms with Gasteiger partial charge in [0, 0.05) is 17.3 Å². The first kappa shape index (κ1) is 19.5. The molecule has 0 saturated heterocycles. The second kappa shape index (κ2) is 7.64. The molecule has 5 rings (SSSR count). The fraction of sp³-hybridized carbons (Fsp3) is 0.0385. The molecule has 0 atom stereocenters. The number of fused-ring (bicyclic) bond motifs is 2. The van der Waals surface area contributed by atoms with E-state index in [-0.39, 0.29) is 5.78 Å². The largest absolute Gasteiger partial charge is 0.337 e. The number of rotatable bonds is 4. The molecule has 0 radical (unpaired) electrons. The van der Waals surface area contributed by atoms with Crippen molar-refractivity contribution >= 4 is 34.0 Å². The molecule has 5 nitrogen and oxygen atoms in total. The number of imidazole rings is 1. The standard InChI is InChI=1S/C26H17FN4O/c1-16-20(14-18(15-28)26-29-21-6-2-3-7-22(21)30-26)23-8-4-5-13-31(23)24(16)25(32)17-9-11-19(27)12-10-17/h2-14H,1H3,(H,29,30)/b18-14+. The minimum atomic E-state index is -0.397. The monoisotopic (exact) mass is 420 g/mol. The van der Waals surface area contributed by atoms with Crippen molar-refractivity contribution in [1.82, 2.24) is 14.4 Å². The molecule has 3 heterocycles. The normalized spacial score (nSPS) is 11.7. The first-order valence-corrected chi connectivity index (χ1v) is 10.0. The molecule has 3 aromatic heterocycles. The van der Waals surface area contributed by atoms with Crippen LogP contribution < -0.4 is 0 Å². The molecule has 0 bridgehead atoms. The molecule has 6 heteroatoms. The highest BCUT2D eigenvalue weighted by molar-refractivity contribution is 6.11. The van der Waals surface area contributed by atoms with Crippen LogP contribution in [0.2, 0.25) is 0 Å². The third-order valence-electron chi connectivity index (χ3n) is 5.51. The van der Waals surface area contributed by atoms with Crippen LogP contribution >= 0.6 is 0 Å². The predicted octanol–water partition coefficient (Wildman–Crippen LogP) is 5.56. The van der Waals surface area contributed by atoms with Crippen molar-refractivity contribution in [1.29, 1.82) is 5.26 Å². The number of allylic oxidation sites excluding steroid dienone is 1. The summed E-state index contributed by atoms with van der Waals surface area (Å²) in [5.41, 5.74) is 5.12. The first-order valence-electron chi connectivity index (χ1n) is 10.0. The Labute approximate surface area is 183 Å². The van der Waals surface area contributed by atoms with Gasteiger partial charge in [0.05, 0.1) is 27.8 Å². The van der Waals surface area contributed by atoms with E-state index in [1.807, 2.05) is 55.6 Å². The zero-order valence-corrected chi connectivity index (χ0v) is 17.1. The van der Waals surface area contributed by atoms with E-state index in [4.69, 9.17) is 0 Å². The van der Waals surface area contributed by atoms with Crippen LogP contribution in [-0.4, -0.2) is 20.2 Å². The van der Waals surface area contributed by atoms with Crippen molar-refractivity contribution in [3.63, 3.8) is 0 Å². The number of halogens is 1. The average molecular weight is 420 g/mol. The fourth-order valence-corrected chi connectivity index (χ4v) is 3.94. The summed E-state index contributed by atoms with van der Waals surface area (Å²) < 4.78 is 15.2. The molecule has 0 fully saturated rings. The summed E-state index contributed by atoms with van der Waals surface area (Å²) in [6.07, 6.45) is 3.56. The molecule has 154 valence electrons. The van der Waals surface area contributed by atoms with E-state index in [0.29, 0.717) is 22.7 Å². The Morgan fingerprint density at radius 3 is 2.59 bits per heavy atom. The number of aromatic amines is 1. The van der Waals surface area contributed by atoms with Crippen molar-refractivity contribution in [3.8, 4) is 6.07 Å². The maximum Gasteiger partial charge on any atom is 0.210 e. The summed E-state index contributed by atoms with van der Waals surface area (Å²) in [7, 11) is 0. The Morgan fingerprint density at radius 1 is 1.09 bits per heavy atom. The van der Waals surface area contributed by atoms with Gasteiger partial charge in [0.2, 0.25) is 5.78 Å². The number of benzene rings is 2. The molecule has 0 spiro atoms. The summed E-state index contributed by atoms with van der Waals surface area (Å²) in [6.45, 7) is 1.85. The van der Waals surface area contributed by atoms with Crippen LogP contribution in [0.25, 0.3) is 28.2 Å². The molecule has 32 heavy (non-hydrogen) atoms. The number of nitrogens with one attached hydrogen (secondary N) is 1. The lowest BCUT2D eigenvalue weighted by Crippen LogP contribution is -2.06. The zero-order valence-electron chi connectivity index (χ0n) is 17.1. The Morgan fingerprint density at radius 2 is 1.84 bits per heavy atom. The molecule has 0 aliphatic heterocycles. The number of pyridine rings is 1.